The van der Waals surface area contributed by atoms with Gasteiger partial charge >= 0.3 is 0 Å². The van der Waals surface area contributed by atoms with Gasteiger partial charge in [0.2, 0.25) is 10.0 Å². The van der Waals surface area contributed by atoms with Crippen LogP contribution in [0.25, 0.3) is 0 Å². The van der Waals surface area contributed by atoms with Crippen LogP contribution in [0.5, 0.6) is 0 Å². The number of methoxy groups -OCH3 is 1. The second kappa shape index (κ2) is 7.87. The molecule has 128 valence electrons. The zero-order valence-corrected chi connectivity index (χ0v) is 13.9. The molecular weight excluding hydrogens is 318 g/mol. The highest BCUT2D eigenvalue weighted by Crippen LogP contribution is 2.32. The lowest BCUT2D eigenvalue weighted by atomic mass is 10.1. The highest BCUT2D eigenvalue weighted by Gasteiger charge is 2.31. The molecule has 1 fully saturated rings. The molecule has 0 aromatic heterocycles. The zero-order valence-electron chi connectivity index (χ0n) is 13.1. The number of rotatable bonds is 9. The molecule has 0 heterocycles. The lowest BCUT2D eigenvalue weighted by Crippen LogP contribution is -2.41. The molecule has 4 N–H and O–H groups in total. The van der Waals surface area contributed by atoms with Gasteiger partial charge in [-0.3, -0.25) is 4.79 Å². The van der Waals surface area contributed by atoms with Gasteiger partial charge in [0.25, 0.3) is 5.91 Å². The van der Waals surface area contributed by atoms with Gasteiger partial charge < -0.3 is 15.8 Å². The van der Waals surface area contributed by atoms with Crippen molar-refractivity contribution in [2.75, 3.05) is 26.8 Å². The Kier molecular flexibility index (Phi) is 6.11. The van der Waals surface area contributed by atoms with Gasteiger partial charge in [0.15, 0.2) is 0 Å². The van der Waals surface area contributed by atoms with Crippen molar-refractivity contribution in [3.05, 3.63) is 29.8 Å². The topological polar surface area (TPSA) is 111 Å². The Morgan fingerprint density at radius 3 is 2.52 bits per heavy atom. The molecule has 1 unspecified atom stereocenters. The summed E-state index contributed by atoms with van der Waals surface area (Å²) in [5.74, 6) is 0.234. The third kappa shape index (κ3) is 5.00. The van der Waals surface area contributed by atoms with Crippen molar-refractivity contribution >= 4 is 15.9 Å². The Hall–Kier alpha value is -1.48. The lowest BCUT2D eigenvalue weighted by Gasteiger charge is -2.16. The van der Waals surface area contributed by atoms with E-state index in [-0.39, 0.29) is 23.4 Å². The van der Waals surface area contributed by atoms with E-state index in [1.807, 2.05) is 0 Å². The molecule has 1 aliphatic rings. The van der Waals surface area contributed by atoms with Gasteiger partial charge in [-0.05, 0) is 43.0 Å². The Labute approximate surface area is 136 Å². The summed E-state index contributed by atoms with van der Waals surface area (Å²) in [5, 5.41) is 2.90. The molecule has 0 radical (unpaired) electrons. The summed E-state index contributed by atoms with van der Waals surface area (Å²) in [7, 11) is -2.09. The largest absolute Gasteiger partial charge is 0.383 e. The van der Waals surface area contributed by atoms with Crippen LogP contribution in [0.2, 0.25) is 0 Å². The molecule has 0 saturated heterocycles. The molecule has 1 aromatic rings. The predicted molar refractivity (Wildman–Crippen MR) is 86.5 cm³/mol. The molecule has 2 rings (SSSR count). The van der Waals surface area contributed by atoms with Gasteiger partial charge in [0.05, 0.1) is 11.5 Å². The van der Waals surface area contributed by atoms with E-state index in [4.69, 9.17) is 10.5 Å². The van der Waals surface area contributed by atoms with Crippen LogP contribution in [0, 0.1) is 5.92 Å². The van der Waals surface area contributed by atoms with Crippen molar-refractivity contribution in [3.8, 4) is 0 Å². The Balaban J connectivity index is 1.99. The maximum absolute atomic E-state index is 12.2. The maximum Gasteiger partial charge on any atom is 0.251 e. The van der Waals surface area contributed by atoms with Crippen molar-refractivity contribution in [2.24, 2.45) is 11.7 Å². The van der Waals surface area contributed by atoms with E-state index in [2.05, 4.69) is 10.0 Å². The summed E-state index contributed by atoms with van der Waals surface area (Å²) < 4.78 is 31.3. The first-order valence-electron chi connectivity index (χ1n) is 7.57. The van der Waals surface area contributed by atoms with Gasteiger partial charge in [0.1, 0.15) is 0 Å². The highest BCUT2D eigenvalue weighted by molar-refractivity contribution is 7.89. The minimum absolute atomic E-state index is 0.0124. The molecule has 1 aliphatic carbocycles. The number of carbonyl (C=O) groups is 1. The second-order valence-corrected chi connectivity index (χ2v) is 7.33. The van der Waals surface area contributed by atoms with Gasteiger partial charge in [0, 0.05) is 31.8 Å². The number of nitrogens with two attached hydrogens (primary N) is 1. The van der Waals surface area contributed by atoms with Crippen LogP contribution in [0.4, 0.5) is 0 Å². The van der Waals surface area contributed by atoms with E-state index in [1.165, 1.54) is 31.4 Å². The first kappa shape index (κ1) is 17.9. The smallest absolute Gasteiger partial charge is 0.251 e. The molecule has 0 aliphatic heterocycles. The molecule has 1 atom stereocenters. The van der Waals surface area contributed by atoms with Crippen molar-refractivity contribution < 1.29 is 17.9 Å². The standard InChI is InChI=1S/C15H23N3O4S/c1-22-9-8-17-23(20,21)13-6-4-12(5-7-13)15(19)18-14(10-16)11-2-3-11/h4-7,11,14,17H,2-3,8-10,16H2,1H3,(H,18,19). The minimum atomic E-state index is -3.59. The molecule has 7 nitrogen and oxygen atoms in total. The van der Waals surface area contributed by atoms with Crippen molar-refractivity contribution in [1.29, 1.82) is 0 Å². The maximum atomic E-state index is 12.2. The number of benzene rings is 1. The molecule has 1 amide bonds. The number of carbonyl (C=O) groups excluding carboxylic acids is 1. The average Bonchev–Trinajstić information content (AvgIpc) is 3.37. The molecule has 1 aromatic carbocycles. The number of nitrogens with one attached hydrogen (secondary N) is 2. The fraction of sp³-hybridized carbons (Fsp3) is 0.533. The summed E-state index contributed by atoms with van der Waals surface area (Å²) in [5.41, 5.74) is 6.08. The van der Waals surface area contributed by atoms with E-state index < -0.39 is 10.0 Å². The summed E-state index contributed by atoms with van der Waals surface area (Å²) in [4.78, 5) is 12.3. The van der Waals surface area contributed by atoms with E-state index in [9.17, 15) is 13.2 Å². The van der Waals surface area contributed by atoms with Gasteiger partial charge in [-0.1, -0.05) is 0 Å². The molecule has 0 spiro atoms. The molecule has 23 heavy (non-hydrogen) atoms. The fourth-order valence-electron chi connectivity index (χ4n) is 2.27. The first-order valence-corrected chi connectivity index (χ1v) is 9.06. The minimum Gasteiger partial charge on any atom is -0.383 e. The van der Waals surface area contributed by atoms with Crippen LogP contribution in [0.3, 0.4) is 0 Å². The number of amides is 1. The van der Waals surface area contributed by atoms with Crippen LogP contribution in [-0.4, -0.2) is 47.2 Å². The SMILES string of the molecule is COCCNS(=O)(=O)c1ccc(C(=O)NC(CN)C2CC2)cc1. The van der Waals surface area contributed by atoms with Crippen molar-refractivity contribution in [1.82, 2.24) is 10.0 Å². The summed E-state index contributed by atoms with van der Waals surface area (Å²) >= 11 is 0. The van der Waals surface area contributed by atoms with Gasteiger partial charge in [-0.25, -0.2) is 13.1 Å². The third-order valence-electron chi connectivity index (χ3n) is 3.79. The van der Waals surface area contributed by atoms with E-state index in [0.29, 0.717) is 24.6 Å². The molecule has 1 saturated carbocycles. The van der Waals surface area contributed by atoms with Crippen LogP contribution in [0.15, 0.2) is 29.2 Å². The average molecular weight is 341 g/mol. The molecular formula is C15H23N3O4S. The molecule has 8 heteroatoms. The number of ether oxygens (including phenoxy) is 1. The zero-order chi connectivity index (χ0) is 16.9. The normalized spacial score (nSPS) is 16.1. The highest BCUT2D eigenvalue weighted by atomic mass is 32.2. The predicted octanol–water partition coefficient (Wildman–Crippen LogP) is 0.0784. The van der Waals surface area contributed by atoms with E-state index in [0.717, 1.165) is 12.8 Å². The number of hydrogen-bond acceptors (Lipinski definition) is 5. The van der Waals surface area contributed by atoms with Crippen LogP contribution in [-0.2, 0) is 14.8 Å². The Morgan fingerprint density at radius 2 is 2.00 bits per heavy atom. The Morgan fingerprint density at radius 1 is 1.35 bits per heavy atom. The van der Waals surface area contributed by atoms with Gasteiger partial charge in [-0.15, -0.1) is 0 Å². The number of sulfonamides is 1. The number of hydrogen-bond donors (Lipinski definition) is 3. The lowest BCUT2D eigenvalue weighted by molar-refractivity contribution is 0.0933. The van der Waals surface area contributed by atoms with Crippen LogP contribution < -0.4 is 15.8 Å². The van der Waals surface area contributed by atoms with Crippen molar-refractivity contribution in [3.63, 3.8) is 0 Å². The Bertz CT molecular complexity index is 627. The fourth-order valence-corrected chi connectivity index (χ4v) is 3.28. The first-order chi connectivity index (χ1) is 11.0. The van der Waals surface area contributed by atoms with Crippen molar-refractivity contribution in [2.45, 2.75) is 23.8 Å². The summed E-state index contributed by atoms with van der Waals surface area (Å²) in [6.45, 7) is 0.897. The monoisotopic (exact) mass is 341 g/mol. The van der Waals surface area contributed by atoms with E-state index in [1.54, 1.807) is 0 Å². The summed E-state index contributed by atoms with van der Waals surface area (Å²) in [6, 6.07) is 5.82. The van der Waals surface area contributed by atoms with Crippen LogP contribution in [0.1, 0.15) is 23.2 Å². The molecule has 0 bridgehead atoms. The van der Waals surface area contributed by atoms with Crippen LogP contribution >= 0.6 is 0 Å². The quantitative estimate of drug-likeness (QED) is 0.551. The third-order valence-corrected chi connectivity index (χ3v) is 5.26. The summed E-state index contributed by atoms with van der Waals surface area (Å²) in [6.07, 6.45) is 2.18. The second-order valence-electron chi connectivity index (χ2n) is 5.57. The van der Waals surface area contributed by atoms with E-state index >= 15 is 0 Å². The van der Waals surface area contributed by atoms with Gasteiger partial charge in [-0.2, -0.15) is 0 Å².